The molecule has 1 saturated heterocycles. The SMILES string of the molecule is Cc1cc(N(C)C)cc([C@@H]2CN(C(=O)Cc3cccs3)CCO2)n1. The van der Waals surface area contributed by atoms with Crippen LogP contribution in [0.1, 0.15) is 22.4 Å². The lowest BCUT2D eigenvalue weighted by Crippen LogP contribution is -2.43. The molecule has 24 heavy (non-hydrogen) atoms. The fourth-order valence-electron chi connectivity index (χ4n) is 2.83. The number of nitrogens with zero attached hydrogens (tertiary/aromatic N) is 3. The van der Waals surface area contributed by atoms with Crippen molar-refractivity contribution in [2.75, 3.05) is 38.7 Å². The Kier molecular flexibility index (Phi) is 5.16. The highest BCUT2D eigenvalue weighted by atomic mass is 32.1. The lowest BCUT2D eigenvalue weighted by Gasteiger charge is -2.33. The molecule has 0 bridgehead atoms. The third-order valence-electron chi connectivity index (χ3n) is 4.13. The zero-order valence-electron chi connectivity index (χ0n) is 14.4. The maximum Gasteiger partial charge on any atom is 0.228 e. The van der Waals surface area contributed by atoms with Gasteiger partial charge in [0.2, 0.25) is 5.91 Å². The Bertz CT molecular complexity index is 700. The fraction of sp³-hybridized carbons (Fsp3) is 0.444. The highest BCUT2D eigenvalue weighted by molar-refractivity contribution is 7.10. The Morgan fingerprint density at radius 3 is 3.00 bits per heavy atom. The van der Waals surface area contributed by atoms with Crippen molar-refractivity contribution in [2.45, 2.75) is 19.4 Å². The number of anilines is 1. The van der Waals surface area contributed by atoms with Crippen LogP contribution in [-0.4, -0.2) is 49.6 Å². The number of thiophene rings is 1. The lowest BCUT2D eigenvalue weighted by atomic mass is 10.1. The van der Waals surface area contributed by atoms with Crippen molar-refractivity contribution in [3.05, 3.63) is 45.9 Å². The van der Waals surface area contributed by atoms with E-state index in [1.807, 2.05) is 55.6 Å². The molecule has 0 spiro atoms. The van der Waals surface area contributed by atoms with Crippen LogP contribution in [0, 0.1) is 6.92 Å². The van der Waals surface area contributed by atoms with E-state index in [0.717, 1.165) is 22.0 Å². The molecule has 2 aromatic heterocycles. The summed E-state index contributed by atoms with van der Waals surface area (Å²) in [5.74, 6) is 0.159. The van der Waals surface area contributed by atoms with Crippen molar-refractivity contribution in [3.8, 4) is 0 Å². The number of aryl methyl sites for hydroxylation is 1. The molecule has 1 aliphatic rings. The van der Waals surface area contributed by atoms with E-state index in [9.17, 15) is 4.79 Å². The number of amides is 1. The monoisotopic (exact) mass is 345 g/mol. The van der Waals surface area contributed by atoms with Crippen LogP contribution in [-0.2, 0) is 16.0 Å². The first kappa shape index (κ1) is 16.9. The molecular weight excluding hydrogens is 322 g/mol. The van der Waals surface area contributed by atoms with Gasteiger partial charge in [-0.2, -0.15) is 0 Å². The molecule has 0 aliphatic carbocycles. The molecule has 0 unspecified atom stereocenters. The molecule has 3 heterocycles. The topological polar surface area (TPSA) is 45.7 Å². The highest BCUT2D eigenvalue weighted by Gasteiger charge is 2.27. The van der Waals surface area contributed by atoms with E-state index >= 15 is 0 Å². The predicted molar refractivity (Wildman–Crippen MR) is 96.6 cm³/mol. The molecule has 6 heteroatoms. The third kappa shape index (κ3) is 3.94. The van der Waals surface area contributed by atoms with E-state index in [1.165, 1.54) is 0 Å². The van der Waals surface area contributed by atoms with Gasteiger partial charge in [-0.3, -0.25) is 9.78 Å². The Morgan fingerprint density at radius 1 is 1.46 bits per heavy atom. The summed E-state index contributed by atoms with van der Waals surface area (Å²) in [4.78, 5) is 22.2. The average molecular weight is 345 g/mol. The van der Waals surface area contributed by atoms with E-state index in [1.54, 1.807) is 11.3 Å². The van der Waals surface area contributed by atoms with Crippen molar-refractivity contribution >= 4 is 22.9 Å². The average Bonchev–Trinajstić information content (AvgIpc) is 3.07. The van der Waals surface area contributed by atoms with Gasteiger partial charge in [-0.15, -0.1) is 11.3 Å². The van der Waals surface area contributed by atoms with Crippen LogP contribution < -0.4 is 4.90 Å². The van der Waals surface area contributed by atoms with E-state index in [4.69, 9.17) is 4.74 Å². The number of carbonyl (C=O) groups is 1. The normalized spacial score (nSPS) is 17.8. The number of rotatable bonds is 4. The van der Waals surface area contributed by atoms with E-state index in [-0.39, 0.29) is 12.0 Å². The Balaban J connectivity index is 1.72. The largest absolute Gasteiger partial charge is 0.378 e. The summed E-state index contributed by atoms with van der Waals surface area (Å²) in [5, 5.41) is 2.00. The molecule has 1 atom stereocenters. The molecule has 0 aromatic carbocycles. The standard InChI is InChI=1S/C18H23N3O2S/c1-13-9-14(20(2)3)10-16(19-13)17-12-21(6-7-23-17)18(22)11-15-5-4-8-24-15/h4-5,8-10,17H,6-7,11-12H2,1-3H3/t17-/m0/s1. The van der Waals surface area contributed by atoms with Crippen molar-refractivity contribution in [2.24, 2.45) is 0 Å². The molecule has 5 nitrogen and oxygen atoms in total. The molecule has 1 fully saturated rings. The Morgan fingerprint density at radius 2 is 2.29 bits per heavy atom. The first-order valence-corrected chi connectivity index (χ1v) is 8.98. The molecule has 1 amide bonds. The van der Waals surface area contributed by atoms with Crippen molar-refractivity contribution in [1.29, 1.82) is 0 Å². The minimum Gasteiger partial charge on any atom is -0.378 e. The van der Waals surface area contributed by atoms with Crippen LogP contribution in [0.25, 0.3) is 0 Å². The second kappa shape index (κ2) is 7.32. The van der Waals surface area contributed by atoms with Crippen LogP contribution >= 0.6 is 11.3 Å². The quantitative estimate of drug-likeness (QED) is 0.855. The van der Waals surface area contributed by atoms with Gasteiger partial charge in [0, 0.05) is 36.9 Å². The van der Waals surface area contributed by atoms with E-state index in [0.29, 0.717) is 26.1 Å². The van der Waals surface area contributed by atoms with Gasteiger partial charge in [0.05, 0.1) is 25.3 Å². The van der Waals surface area contributed by atoms with Crippen LogP contribution in [0.5, 0.6) is 0 Å². The minimum atomic E-state index is -0.162. The van der Waals surface area contributed by atoms with Crippen molar-refractivity contribution in [3.63, 3.8) is 0 Å². The van der Waals surface area contributed by atoms with Gasteiger partial charge < -0.3 is 14.5 Å². The van der Waals surface area contributed by atoms with Crippen molar-refractivity contribution in [1.82, 2.24) is 9.88 Å². The Labute approximate surface area is 146 Å². The highest BCUT2D eigenvalue weighted by Crippen LogP contribution is 2.25. The van der Waals surface area contributed by atoms with Gasteiger partial charge in [-0.25, -0.2) is 0 Å². The van der Waals surface area contributed by atoms with Gasteiger partial charge in [-0.05, 0) is 30.5 Å². The molecule has 1 aliphatic heterocycles. The second-order valence-electron chi connectivity index (χ2n) is 6.24. The lowest BCUT2D eigenvalue weighted by molar-refractivity contribution is -0.138. The van der Waals surface area contributed by atoms with Gasteiger partial charge >= 0.3 is 0 Å². The molecule has 2 aromatic rings. The number of carbonyl (C=O) groups excluding carboxylic acids is 1. The summed E-state index contributed by atoms with van der Waals surface area (Å²) < 4.78 is 5.90. The molecule has 0 N–H and O–H groups in total. The summed E-state index contributed by atoms with van der Waals surface area (Å²) in [7, 11) is 4.02. The van der Waals surface area contributed by atoms with Crippen molar-refractivity contribution < 1.29 is 9.53 Å². The van der Waals surface area contributed by atoms with Gasteiger partial charge in [-0.1, -0.05) is 6.07 Å². The van der Waals surface area contributed by atoms with Gasteiger partial charge in [0.1, 0.15) is 6.10 Å². The van der Waals surface area contributed by atoms with Crippen LogP contribution in [0.3, 0.4) is 0 Å². The number of hydrogen-bond acceptors (Lipinski definition) is 5. The first-order chi connectivity index (χ1) is 11.5. The molecule has 128 valence electrons. The maximum atomic E-state index is 12.5. The van der Waals surface area contributed by atoms with Gasteiger partial charge in [0.25, 0.3) is 0 Å². The number of hydrogen-bond donors (Lipinski definition) is 0. The maximum absolute atomic E-state index is 12.5. The predicted octanol–water partition coefficient (Wildman–Crippen LogP) is 2.66. The van der Waals surface area contributed by atoms with Crippen LogP contribution in [0.4, 0.5) is 5.69 Å². The molecule has 0 saturated carbocycles. The molecular formula is C18H23N3O2S. The summed E-state index contributed by atoms with van der Waals surface area (Å²) in [6.07, 6.45) is 0.304. The third-order valence-corrected chi connectivity index (χ3v) is 5.01. The summed E-state index contributed by atoms with van der Waals surface area (Å²) in [6, 6.07) is 8.08. The minimum absolute atomic E-state index is 0.159. The summed E-state index contributed by atoms with van der Waals surface area (Å²) >= 11 is 1.62. The first-order valence-electron chi connectivity index (χ1n) is 8.10. The van der Waals surface area contributed by atoms with Crippen LogP contribution in [0.2, 0.25) is 0 Å². The van der Waals surface area contributed by atoms with E-state index < -0.39 is 0 Å². The molecule has 3 rings (SSSR count). The smallest absolute Gasteiger partial charge is 0.228 e. The van der Waals surface area contributed by atoms with E-state index in [2.05, 4.69) is 9.88 Å². The summed E-state index contributed by atoms with van der Waals surface area (Å²) in [6.45, 7) is 3.74. The summed E-state index contributed by atoms with van der Waals surface area (Å²) in [5.41, 5.74) is 2.96. The number of aromatic nitrogens is 1. The van der Waals surface area contributed by atoms with Gasteiger partial charge in [0.15, 0.2) is 0 Å². The molecule has 0 radical (unpaired) electrons. The second-order valence-corrected chi connectivity index (χ2v) is 7.27. The Hall–Kier alpha value is -1.92. The van der Waals surface area contributed by atoms with Crippen LogP contribution in [0.15, 0.2) is 29.6 Å². The number of ether oxygens (including phenoxy) is 1. The number of pyridine rings is 1. The zero-order valence-corrected chi connectivity index (χ0v) is 15.2. The fourth-order valence-corrected chi connectivity index (χ4v) is 3.52. The zero-order chi connectivity index (χ0) is 17.1. The number of morpholine rings is 1.